The number of hydrogen-bond acceptors (Lipinski definition) is 5. The van der Waals surface area contributed by atoms with Crippen LogP contribution in [0.3, 0.4) is 0 Å². The first-order valence-corrected chi connectivity index (χ1v) is 10.3. The number of nitrogens with one attached hydrogen (secondary N) is 1. The van der Waals surface area contributed by atoms with E-state index >= 15 is 0 Å². The van der Waals surface area contributed by atoms with Crippen LogP contribution in [0.15, 0.2) is 42.5 Å². The molecule has 2 aromatic rings. The number of alkyl halides is 3. The molecular formula is C18H18F3N3O5S. The van der Waals surface area contributed by atoms with Crippen molar-refractivity contribution in [3.63, 3.8) is 0 Å². The third-order valence-electron chi connectivity index (χ3n) is 4.28. The summed E-state index contributed by atoms with van der Waals surface area (Å²) in [5, 5.41) is 13.4. The number of carbonyl (C=O) groups excluding carboxylic acids is 1. The summed E-state index contributed by atoms with van der Waals surface area (Å²) in [6, 6.07) is 6.10. The Morgan fingerprint density at radius 2 is 1.80 bits per heavy atom. The predicted molar refractivity (Wildman–Crippen MR) is 105 cm³/mol. The highest BCUT2D eigenvalue weighted by Crippen LogP contribution is 2.33. The fourth-order valence-corrected chi connectivity index (χ4v) is 3.99. The second-order valence-corrected chi connectivity index (χ2v) is 8.34. The number of sulfonamides is 1. The Labute approximate surface area is 170 Å². The molecule has 1 amide bonds. The van der Waals surface area contributed by atoms with Gasteiger partial charge in [0.1, 0.15) is 6.04 Å². The molecule has 162 valence electrons. The van der Waals surface area contributed by atoms with E-state index < -0.39 is 38.6 Å². The van der Waals surface area contributed by atoms with Gasteiger partial charge in [0.15, 0.2) is 0 Å². The van der Waals surface area contributed by atoms with Crippen LogP contribution in [0.2, 0.25) is 0 Å². The minimum atomic E-state index is -4.70. The van der Waals surface area contributed by atoms with E-state index in [0.717, 1.165) is 24.5 Å². The van der Waals surface area contributed by atoms with Gasteiger partial charge in [-0.2, -0.15) is 13.2 Å². The van der Waals surface area contributed by atoms with Gasteiger partial charge >= 0.3 is 6.18 Å². The molecule has 30 heavy (non-hydrogen) atoms. The lowest BCUT2D eigenvalue weighted by Crippen LogP contribution is -2.45. The zero-order valence-electron chi connectivity index (χ0n) is 16.1. The molecule has 0 heterocycles. The Balaban J connectivity index is 2.42. The second-order valence-electron chi connectivity index (χ2n) is 6.48. The lowest BCUT2D eigenvalue weighted by Gasteiger charge is -2.28. The minimum Gasteiger partial charge on any atom is -0.324 e. The second kappa shape index (κ2) is 8.30. The molecule has 0 aliphatic rings. The summed E-state index contributed by atoms with van der Waals surface area (Å²) >= 11 is 0. The molecule has 0 aromatic heterocycles. The maximum absolute atomic E-state index is 13.0. The lowest BCUT2D eigenvalue weighted by molar-refractivity contribution is -0.385. The maximum Gasteiger partial charge on any atom is 0.416 e. The molecule has 0 fully saturated rings. The van der Waals surface area contributed by atoms with Gasteiger partial charge in [0.05, 0.1) is 33.7 Å². The molecule has 2 aromatic carbocycles. The summed E-state index contributed by atoms with van der Waals surface area (Å²) in [5.74, 6) is -0.874. The largest absolute Gasteiger partial charge is 0.416 e. The predicted octanol–water partition coefficient (Wildman–Crippen LogP) is 3.72. The lowest BCUT2D eigenvalue weighted by atomic mass is 10.1. The Morgan fingerprint density at radius 1 is 1.20 bits per heavy atom. The van der Waals surface area contributed by atoms with Gasteiger partial charge in [-0.1, -0.05) is 12.1 Å². The van der Waals surface area contributed by atoms with Crippen molar-refractivity contribution >= 4 is 33.0 Å². The summed E-state index contributed by atoms with van der Waals surface area (Å²) in [4.78, 5) is 23.1. The quantitative estimate of drug-likeness (QED) is 0.538. The molecule has 0 radical (unpaired) electrons. The molecule has 1 N–H and O–H groups in total. The standard InChI is InChI=1S/C18H18F3N3O5S/c1-11-15(8-5-9-16(11)24(26)27)22-17(25)12(2)23(30(3,28)29)14-7-4-6-13(10-14)18(19,20)21/h4-10,12H,1-3H3,(H,22,25). The average molecular weight is 445 g/mol. The Morgan fingerprint density at radius 3 is 2.33 bits per heavy atom. The fourth-order valence-electron chi connectivity index (χ4n) is 2.82. The molecule has 0 aliphatic carbocycles. The van der Waals surface area contributed by atoms with Crippen molar-refractivity contribution in [3.05, 3.63) is 63.7 Å². The summed E-state index contributed by atoms with van der Waals surface area (Å²) in [7, 11) is -4.15. The van der Waals surface area contributed by atoms with Gasteiger partial charge in [0.25, 0.3) is 5.69 Å². The molecule has 1 atom stereocenters. The number of amides is 1. The first kappa shape index (κ1) is 23.1. The van der Waals surface area contributed by atoms with E-state index in [1.54, 1.807) is 0 Å². The van der Waals surface area contributed by atoms with E-state index in [0.29, 0.717) is 10.4 Å². The first-order chi connectivity index (χ1) is 13.7. The molecule has 0 aliphatic heterocycles. The normalized spacial score (nSPS) is 12.9. The van der Waals surface area contributed by atoms with Crippen molar-refractivity contribution < 1.29 is 31.3 Å². The van der Waals surface area contributed by atoms with Crippen molar-refractivity contribution in [2.75, 3.05) is 15.9 Å². The van der Waals surface area contributed by atoms with Crippen LogP contribution in [0.5, 0.6) is 0 Å². The zero-order valence-corrected chi connectivity index (χ0v) is 16.9. The van der Waals surface area contributed by atoms with Gasteiger partial charge < -0.3 is 5.32 Å². The van der Waals surface area contributed by atoms with Crippen LogP contribution in [0.4, 0.5) is 30.2 Å². The third-order valence-corrected chi connectivity index (χ3v) is 5.52. The number of benzene rings is 2. The highest BCUT2D eigenvalue weighted by atomic mass is 32.2. The van der Waals surface area contributed by atoms with E-state index in [1.165, 1.54) is 32.0 Å². The summed E-state index contributed by atoms with van der Waals surface area (Å²) in [6.07, 6.45) is -3.94. The molecule has 0 saturated carbocycles. The van der Waals surface area contributed by atoms with Crippen molar-refractivity contribution in [2.24, 2.45) is 0 Å². The molecule has 2 rings (SSSR count). The van der Waals surface area contributed by atoms with Crippen molar-refractivity contribution in [1.82, 2.24) is 0 Å². The topological polar surface area (TPSA) is 110 Å². The highest BCUT2D eigenvalue weighted by Gasteiger charge is 2.34. The number of nitro groups is 1. The summed E-state index contributed by atoms with van der Waals surface area (Å²) < 4.78 is 64.2. The Kier molecular flexibility index (Phi) is 6.40. The average Bonchev–Trinajstić information content (AvgIpc) is 2.61. The van der Waals surface area contributed by atoms with E-state index in [-0.39, 0.29) is 22.6 Å². The van der Waals surface area contributed by atoms with Gasteiger partial charge in [0, 0.05) is 6.07 Å². The van der Waals surface area contributed by atoms with Gasteiger partial charge in [-0.05, 0) is 38.1 Å². The Hall–Kier alpha value is -3.15. The molecule has 0 saturated heterocycles. The van der Waals surface area contributed by atoms with E-state index in [1.807, 2.05) is 0 Å². The van der Waals surface area contributed by atoms with Crippen LogP contribution in [0.25, 0.3) is 0 Å². The van der Waals surface area contributed by atoms with Gasteiger partial charge in [-0.25, -0.2) is 8.42 Å². The third kappa shape index (κ3) is 5.06. The molecule has 8 nitrogen and oxygen atoms in total. The first-order valence-electron chi connectivity index (χ1n) is 8.45. The fraction of sp³-hybridized carbons (Fsp3) is 0.278. The van der Waals surface area contributed by atoms with Crippen molar-refractivity contribution in [2.45, 2.75) is 26.1 Å². The molecular weight excluding hydrogens is 427 g/mol. The van der Waals surface area contributed by atoms with Gasteiger partial charge in [0.2, 0.25) is 15.9 Å². The molecule has 0 spiro atoms. The van der Waals surface area contributed by atoms with Crippen molar-refractivity contribution in [1.29, 1.82) is 0 Å². The summed E-state index contributed by atoms with van der Waals surface area (Å²) in [6.45, 7) is 2.60. The van der Waals surface area contributed by atoms with Crippen LogP contribution >= 0.6 is 0 Å². The monoisotopic (exact) mass is 445 g/mol. The van der Waals surface area contributed by atoms with Crippen LogP contribution < -0.4 is 9.62 Å². The Bertz CT molecular complexity index is 1090. The maximum atomic E-state index is 13.0. The van der Waals surface area contributed by atoms with E-state index in [2.05, 4.69) is 5.32 Å². The number of nitro benzene ring substituents is 1. The summed E-state index contributed by atoms with van der Waals surface area (Å²) in [5.41, 5.74) is -1.44. The van der Waals surface area contributed by atoms with E-state index in [4.69, 9.17) is 0 Å². The van der Waals surface area contributed by atoms with Crippen LogP contribution in [-0.2, 0) is 21.0 Å². The number of carbonyl (C=O) groups is 1. The van der Waals surface area contributed by atoms with Crippen LogP contribution in [-0.4, -0.2) is 31.5 Å². The number of rotatable bonds is 6. The van der Waals surface area contributed by atoms with Gasteiger partial charge in [-0.3, -0.25) is 19.2 Å². The number of halogens is 3. The van der Waals surface area contributed by atoms with Crippen LogP contribution in [0.1, 0.15) is 18.1 Å². The number of anilines is 2. The molecule has 1 unspecified atom stereocenters. The highest BCUT2D eigenvalue weighted by molar-refractivity contribution is 7.92. The number of hydrogen-bond donors (Lipinski definition) is 1. The van der Waals surface area contributed by atoms with Crippen molar-refractivity contribution in [3.8, 4) is 0 Å². The number of nitrogens with zero attached hydrogens (tertiary/aromatic N) is 2. The zero-order chi connectivity index (χ0) is 22.9. The molecule has 0 bridgehead atoms. The van der Waals surface area contributed by atoms with Gasteiger partial charge in [-0.15, -0.1) is 0 Å². The smallest absolute Gasteiger partial charge is 0.324 e. The van der Waals surface area contributed by atoms with Crippen LogP contribution in [0, 0.1) is 17.0 Å². The SMILES string of the molecule is Cc1c(NC(=O)C(C)N(c2cccc(C(F)(F)F)c2)S(C)(=O)=O)cccc1[N+](=O)[O-]. The van der Waals surface area contributed by atoms with E-state index in [9.17, 15) is 36.5 Å². The molecule has 12 heteroatoms. The minimum absolute atomic E-state index is 0.0820.